The van der Waals surface area contributed by atoms with E-state index in [4.69, 9.17) is 11.6 Å². The van der Waals surface area contributed by atoms with Gasteiger partial charge in [0.05, 0.1) is 11.9 Å². The Morgan fingerprint density at radius 1 is 0.951 bits per heavy atom. The molecule has 0 radical (unpaired) electrons. The smallest absolute Gasteiger partial charge is 0.244 e. The Hall–Kier alpha value is -2.63. The van der Waals surface area contributed by atoms with Gasteiger partial charge in [-0.3, -0.25) is 13.9 Å². The monoisotopic (exact) mass is 707 g/mol. The van der Waals surface area contributed by atoms with E-state index in [0.717, 1.165) is 57.4 Å². The second-order valence-corrected chi connectivity index (χ2v) is 14.0. The molecule has 7 nitrogen and oxygen atoms in total. The SMILES string of the molecule is CS(=O)(=O)N(CC(=O)N(Cc1cccc(Cl)c1)[C@H](Cc1ccccc1)C(=O)NC1CCCCC1)c1ccc(I)cc1. The molecule has 10 heteroatoms. The zero-order chi connectivity index (χ0) is 29.4. The largest absolute Gasteiger partial charge is 0.352 e. The van der Waals surface area contributed by atoms with Crippen molar-refractivity contribution in [1.82, 2.24) is 10.2 Å². The van der Waals surface area contributed by atoms with Crippen LogP contribution in [-0.4, -0.2) is 50.0 Å². The van der Waals surface area contributed by atoms with E-state index >= 15 is 0 Å². The second-order valence-electron chi connectivity index (χ2n) is 10.4. The molecule has 3 aromatic carbocycles. The van der Waals surface area contributed by atoms with Crippen LogP contribution in [0.1, 0.15) is 43.2 Å². The fourth-order valence-corrected chi connectivity index (χ4v) is 6.57. The Morgan fingerprint density at radius 2 is 1.61 bits per heavy atom. The molecule has 4 rings (SSSR count). The van der Waals surface area contributed by atoms with Gasteiger partial charge in [0.2, 0.25) is 21.8 Å². The van der Waals surface area contributed by atoms with E-state index in [1.165, 1.54) is 4.90 Å². The van der Waals surface area contributed by atoms with Crippen LogP contribution in [-0.2, 0) is 32.6 Å². The van der Waals surface area contributed by atoms with Crippen LogP contribution in [0.3, 0.4) is 0 Å². The zero-order valence-electron chi connectivity index (χ0n) is 23.0. The number of sulfonamides is 1. The van der Waals surface area contributed by atoms with E-state index in [2.05, 4.69) is 27.9 Å². The van der Waals surface area contributed by atoms with Crippen molar-refractivity contribution >= 4 is 61.7 Å². The molecule has 1 N–H and O–H groups in total. The van der Waals surface area contributed by atoms with Crippen molar-refractivity contribution < 1.29 is 18.0 Å². The van der Waals surface area contributed by atoms with Gasteiger partial charge in [0.25, 0.3) is 0 Å². The van der Waals surface area contributed by atoms with Crippen molar-refractivity contribution in [2.24, 2.45) is 0 Å². The van der Waals surface area contributed by atoms with Crippen LogP contribution in [0, 0.1) is 3.57 Å². The van der Waals surface area contributed by atoms with Gasteiger partial charge in [0.15, 0.2) is 0 Å². The zero-order valence-corrected chi connectivity index (χ0v) is 26.7. The predicted octanol–water partition coefficient (Wildman–Crippen LogP) is 5.80. The number of carbonyl (C=O) groups is 2. The number of carbonyl (C=O) groups excluding carboxylic acids is 2. The van der Waals surface area contributed by atoms with E-state index in [9.17, 15) is 18.0 Å². The predicted molar refractivity (Wildman–Crippen MR) is 172 cm³/mol. The molecular formula is C31H35ClIN3O4S. The third-order valence-corrected chi connectivity index (χ3v) is 9.35. The van der Waals surface area contributed by atoms with Gasteiger partial charge in [-0.05, 0) is 83.0 Å². The molecule has 41 heavy (non-hydrogen) atoms. The quantitative estimate of drug-likeness (QED) is 0.256. The molecule has 1 aliphatic carbocycles. The van der Waals surface area contributed by atoms with E-state index in [-0.39, 0.29) is 24.9 Å². The number of hydrogen-bond acceptors (Lipinski definition) is 4. The van der Waals surface area contributed by atoms with Crippen molar-refractivity contribution in [3.8, 4) is 0 Å². The van der Waals surface area contributed by atoms with Crippen LogP contribution in [0.5, 0.6) is 0 Å². The number of nitrogens with zero attached hydrogens (tertiary/aromatic N) is 2. The first-order valence-electron chi connectivity index (χ1n) is 13.7. The fourth-order valence-electron chi connectivity index (χ4n) is 5.15. The highest BCUT2D eigenvalue weighted by molar-refractivity contribution is 14.1. The first-order valence-corrected chi connectivity index (χ1v) is 17.0. The number of anilines is 1. The molecule has 2 amide bonds. The molecule has 3 aromatic rings. The summed E-state index contributed by atoms with van der Waals surface area (Å²) >= 11 is 8.42. The van der Waals surface area contributed by atoms with Crippen molar-refractivity contribution in [2.75, 3.05) is 17.1 Å². The lowest BCUT2D eigenvalue weighted by Gasteiger charge is -2.35. The van der Waals surface area contributed by atoms with Crippen LogP contribution < -0.4 is 9.62 Å². The third-order valence-electron chi connectivity index (χ3n) is 7.26. The summed E-state index contributed by atoms with van der Waals surface area (Å²) in [7, 11) is -3.80. The molecule has 1 fully saturated rings. The summed E-state index contributed by atoms with van der Waals surface area (Å²) in [6.45, 7) is -0.346. The minimum absolute atomic E-state index is 0.0527. The first kappa shape index (κ1) is 31.3. The average Bonchev–Trinajstić information content (AvgIpc) is 2.94. The van der Waals surface area contributed by atoms with Crippen molar-refractivity contribution in [3.05, 3.63) is 98.6 Å². The number of rotatable bonds is 11. The van der Waals surface area contributed by atoms with Crippen molar-refractivity contribution in [2.45, 2.75) is 57.2 Å². The minimum Gasteiger partial charge on any atom is -0.352 e. The maximum absolute atomic E-state index is 14.2. The third kappa shape index (κ3) is 9.18. The molecule has 0 bridgehead atoms. The van der Waals surface area contributed by atoms with E-state index in [1.54, 1.807) is 42.5 Å². The highest BCUT2D eigenvalue weighted by Crippen LogP contribution is 2.23. The molecule has 0 heterocycles. The van der Waals surface area contributed by atoms with E-state index in [1.807, 2.05) is 36.4 Å². The topological polar surface area (TPSA) is 86.8 Å². The lowest BCUT2D eigenvalue weighted by atomic mass is 9.94. The molecule has 1 atom stereocenters. The number of halogens is 2. The number of benzene rings is 3. The van der Waals surface area contributed by atoms with E-state index in [0.29, 0.717) is 10.7 Å². The highest BCUT2D eigenvalue weighted by atomic mass is 127. The molecule has 0 unspecified atom stereocenters. The first-order chi connectivity index (χ1) is 19.6. The molecule has 1 aliphatic rings. The van der Waals surface area contributed by atoms with Crippen molar-refractivity contribution in [3.63, 3.8) is 0 Å². The summed E-state index contributed by atoms with van der Waals surface area (Å²) in [5.74, 6) is -0.718. The van der Waals surface area contributed by atoms with Gasteiger partial charge >= 0.3 is 0 Å². The Labute approximate surface area is 261 Å². The van der Waals surface area contributed by atoms with Gasteiger partial charge in [0.1, 0.15) is 12.6 Å². The summed E-state index contributed by atoms with van der Waals surface area (Å²) in [6.07, 6.45) is 6.43. The van der Waals surface area contributed by atoms with Crippen molar-refractivity contribution in [1.29, 1.82) is 0 Å². The van der Waals surface area contributed by atoms with Gasteiger partial charge in [-0.15, -0.1) is 0 Å². The number of hydrogen-bond donors (Lipinski definition) is 1. The molecule has 0 saturated heterocycles. The molecule has 0 aromatic heterocycles. The fraction of sp³-hybridized carbons (Fsp3) is 0.355. The van der Waals surface area contributed by atoms with Crippen LogP contribution in [0.15, 0.2) is 78.9 Å². The Morgan fingerprint density at radius 3 is 2.24 bits per heavy atom. The molecular weight excluding hydrogens is 673 g/mol. The van der Waals surface area contributed by atoms with E-state index < -0.39 is 28.5 Å². The Bertz CT molecular complexity index is 1430. The molecule has 0 aliphatic heterocycles. The standard InChI is InChI=1S/C31H35ClIN3O4S/c1-41(39,40)36(28-17-15-26(33)16-18-28)22-30(37)35(21-24-11-8-12-25(32)19-24)29(20-23-9-4-2-5-10-23)31(38)34-27-13-6-3-7-14-27/h2,4-5,8-12,15-19,27,29H,3,6-7,13-14,20-22H2,1H3,(H,34,38)/t29-/m1/s1. The summed E-state index contributed by atoms with van der Waals surface area (Å²) < 4.78 is 27.8. The second kappa shape index (κ2) is 14.5. The number of nitrogens with one attached hydrogen (secondary N) is 1. The minimum atomic E-state index is -3.80. The summed E-state index contributed by atoms with van der Waals surface area (Å²) in [5, 5.41) is 3.71. The average molecular weight is 708 g/mol. The van der Waals surface area contributed by atoms with Crippen LogP contribution in [0.25, 0.3) is 0 Å². The molecule has 0 spiro atoms. The van der Waals surface area contributed by atoms with Crippen LogP contribution >= 0.6 is 34.2 Å². The summed E-state index contributed by atoms with van der Waals surface area (Å²) in [5.41, 5.74) is 2.03. The van der Waals surface area contributed by atoms with Crippen LogP contribution in [0.2, 0.25) is 5.02 Å². The molecule has 1 saturated carbocycles. The number of amides is 2. The van der Waals surface area contributed by atoms with Gasteiger partial charge in [-0.25, -0.2) is 8.42 Å². The highest BCUT2D eigenvalue weighted by Gasteiger charge is 2.34. The summed E-state index contributed by atoms with van der Waals surface area (Å²) in [4.78, 5) is 29.6. The van der Waals surface area contributed by atoms with Crippen LogP contribution in [0.4, 0.5) is 5.69 Å². The van der Waals surface area contributed by atoms with Gasteiger partial charge in [-0.1, -0.05) is 73.3 Å². The van der Waals surface area contributed by atoms with Gasteiger partial charge in [0, 0.05) is 27.6 Å². The Balaban J connectivity index is 1.71. The maximum atomic E-state index is 14.2. The lowest BCUT2D eigenvalue weighted by molar-refractivity contribution is -0.140. The maximum Gasteiger partial charge on any atom is 0.244 e. The lowest BCUT2D eigenvalue weighted by Crippen LogP contribution is -2.55. The molecule has 218 valence electrons. The van der Waals surface area contributed by atoms with Gasteiger partial charge in [-0.2, -0.15) is 0 Å². The normalized spacial score (nSPS) is 14.7. The Kier molecular flexibility index (Phi) is 11.1. The summed E-state index contributed by atoms with van der Waals surface area (Å²) in [6, 6.07) is 22.8. The van der Waals surface area contributed by atoms with Gasteiger partial charge < -0.3 is 10.2 Å².